The zero-order valence-electron chi connectivity index (χ0n) is 15.8. The van der Waals surface area contributed by atoms with E-state index in [-0.39, 0.29) is 23.8 Å². The van der Waals surface area contributed by atoms with E-state index in [9.17, 15) is 9.59 Å². The number of nitrogens with zero attached hydrogens (tertiary/aromatic N) is 1. The molecule has 0 saturated heterocycles. The Kier molecular flexibility index (Phi) is 5.05. The molecule has 1 atom stereocenters. The number of aromatic amines is 1. The monoisotopic (exact) mass is 391 g/mol. The number of thioether (sulfide) groups is 1. The van der Waals surface area contributed by atoms with E-state index in [1.165, 1.54) is 11.8 Å². The average molecular weight is 391 g/mol. The van der Waals surface area contributed by atoms with Crippen molar-refractivity contribution in [1.82, 2.24) is 9.97 Å². The third-order valence-corrected chi connectivity index (χ3v) is 5.90. The Labute approximate surface area is 167 Å². The van der Waals surface area contributed by atoms with E-state index in [1.54, 1.807) is 0 Å². The molecule has 1 amide bonds. The quantitative estimate of drug-likeness (QED) is 0.517. The van der Waals surface area contributed by atoms with Gasteiger partial charge in [0.15, 0.2) is 5.16 Å². The van der Waals surface area contributed by atoms with Crippen LogP contribution < -0.4 is 10.9 Å². The van der Waals surface area contributed by atoms with Gasteiger partial charge < -0.3 is 10.3 Å². The molecule has 1 aromatic heterocycles. The predicted molar refractivity (Wildman–Crippen MR) is 112 cm³/mol. The Morgan fingerprint density at radius 3 is 2.68 bits per heavy atom. The Bertz CT molecular complexity index is 1090. The number of H-pyrrole nitrogens is 1. The van der Waals surface area contributed by atoms with E-state index in [4.69, 9.17) is 0 Å². The molecule has 0 spiro atoms. The van der Waals surface area contributed by atoms with Gasteiger partial charge in [-0.05, 0) is 30.5 Å². The van der Waals surface area contributed by atoms with Gasteiger partial charge in [0, 0.05) is 18.1 Å². The van der Waals surface area contributed by atoms with E-state index in [1.807, 2.05) is 56.3 Å². The summed E-state index contributed by atoms with van der Waals surface area (Å²) in [6.45, 7) is 4.02. The van der Waals surface area contributed by atoms with Crippen molar-refractivity contribution >= 4 is 23.5 Å². The van der Waals surface area contributed by atoms with Crippen molar-refractivity contribution in [1.29, 1.82) is 0 Å². The van der Waals surface area contributed by atoms with E-state index >= 15 is 0 Å². The van der Waals surface area contributed by atoms with Crippen molar-refractivity contribution in [3.8, 4) is 0 Å². The van der Waals surface area contributed by atoms with Crippen molar-refractivity contribution < 1.29 is 4.79 Å². The molecule has 6 heteroatoms. The van der Waals surface area contributed by atoms with Crippen molar-refractivity contribution in [2.24, 2.45) is 0 Å². The summed E-state index contributed by atoms with van der Waals surface area (Å²) in [6, 6.07) is 16.1. The molecule has 0 unspecified atom stereocenters. The highest BCUT2D eigenvalue weighted by Gasteiger charge is 2.31. The van der Waals surface area contributed by atoms with Gasteiger partial charge in [-0.3, -0.25) is 9.59 Å². The number of rotatable bonds is 4. The molecule has 1 aliphatic heterocycles. The van der Waals surface area contributed by atoms with Crippen LogP contribution in [0, 0.1) is 13.8 Å². The summed E-state index contributed by atoms with van der Waals surface area (Å²) in [5.41, 5.74) is 4.67. The number of hydrogen-bond donors (Lipinski definition) is 2. The molecule has 5 nitrogen and oxygen atoms in total. The molecule has 0 aliphatic carbocycles. The first-order valence-corrected chi connectivity index (χ1v) is 10.2. The van der Waals surface area contributed by atoms with Crippen LogP contribution in [0.15, 0.2) is 58.5 Å². The van der Waals surface area contributed by atoms with Gasteiger partial charge in [-0.25, -0.2) is 4.98 Å². The third-order valence-electron chi connectivity index (χ3n) is 4.96. The Morgan fingerprint density at radius 1 is 1.11 bits per heavy atom. The summed E-state index contributed by atoms with van der Waals surface area (Å²) < 4.78 is 0. The molecule has 3 aromatic rings. The topological polar surface area (TPSA) is 74.8 Å². The number of carbonyl (C=O) groups is 1. The average Bonchev–Trinajstić information content (AvgIpc) is 2.68. The van der Waals surface area contributed by atoms with Crippen LogP contribution in [0.25, 0.3) is 0 Å². The van der Waals surface area contributed by atoms with E-state index < -0.39 is 0 Å². The summed E-state index contributed by atoms with van der Waals surface area (Å²) >= 11 is 1.45. The molecule has 1 aliphatic rings. The number of aryl methyl sites for hydroxylation is 2. The summed E-state index contributed by atoms with van der Waals surface area (Å²) in [5.74, 6) is 0.668. The summed E-state index contributed by atoms with van der Waals surface area (Å²) in [6.07, 6.45) is 0.249. The number of aromatic nitrogens is 2. The first-order valence-electron chi connectivity index (χ1n) is 9.19. The maximum atomic E-state index is 12.9. The van der Waals surface area contributed by atoms with Gasteiger partial charge in [-0.1, -0.05) is 65.9 Å². The molecule has 0 saturated carbocycles. The van der Waals surface area contributed by atoms with Crippen LogP contribution in [0.3, 0.4) is 0 Å². The number of anilines is 1. The minimum atomic E-state index is -0.284. The van der Waals surface area contributed by atoms with Crippen LogP contribution in [-0.2, 0) is 10.5 Å². The molecule has 0 bridgehead atoms. The Hall–Kier alpha value is -2.86. The summed E-state index contributed by atoms with van der Waals surface area (Å²) in [5, 5.41) is 3.30. The fourth-order valence-corrected chi connectivity index (χ4v) is 4.36. The third kappa shape index (κ3) is 3.73. The second-order valence-electron chi connectivity index (χ2n) is 7.07. The number of carbonyl (C=O) groups excluding carboxylic acids is 1. The number of nitrogens with one attached hydrogen (secondary N) is 2. The maximum Gasteiger partial charge on any atom is 0.257 e. The standard InChI is InChI=1S/C22H21N3O2S/c1-13-8-9-14(2)16(10-13)17-11-18(26)23-20-19(17)21(27)25-22(24-20)28-12-15-6-4-3-5-7-15/h3-10,17H,11-12H2,1-2H3,(H2,23,24,25,26,27)/t17-/m0/s1. The summed E-state index contributed by atoms with van der Waals surface area (Å²) in [7, 11) is 0. The number of benzene rings is 2. The maximum absolute atomic E-state index is 12.9. The minimum absolute atomic E-state index is 0.115. The van der Waals surface area contributed by atoms with Crippen molar-refractivity contribution in [3.05, 3.63) is 86.7 Å². The molecular formula is C22H21N3O2S. The van der Waals surface area contributed by atoms with E-state index in [0.29, 0.717) is 22.3 Å². The van der Waals surface area contributed by atoms with Crippen LogP contribution in [-0.4, -0.2) is 15.9 Å². The van der Waals surface area contributed by atoms with Gasteiger partial charge in [0.2, 0.25) is 5.91 Å². The molecule has 0 radical (unpaired) electrons. The lowest BCUT2D eigenvalue weighted by Crippen LogP contribution is -2.31. The highest BCUT2D eigenvalue weighted by atomic mass is 32.2. The lowest BCUT2D eigenvalue weighted by Gasteiger charge is -2.26. The van der Waals surface area contributed by atoms with Crippen LogP contribution >= 0.6 is 11.8 Å². The molecule has 142 valence electrons. The molecular weight excluding hydrogens is 370 g/mol. The number of amides is 1. The van der Waals surface area contributed by atoms with Gasteiger partial charge in [0.1, 0.15) is 5.82 Å². The van der Waals surface area contributed by atoms with Crippen LogP contribution in [0.4, 0.5) is 5.82 Å². The van der Waals surface area contributed by atoms with Crippen LogP contribution in [0.5, 0.6) is 0 Å². The van der Waals surface area contributed by atoms with Gasteiger partial charge in [-0.15, -0.1) is 0 Å². The SMILES string of the molecule is Cc1ccc(C)c([C@@H]2CC(=O)Nc3nc(SCc4ccccc4)[nH]c(=O)c32)c1. The van der Waals surface area contributed by atoms with Gasteiger partial charge in [0.05, 0.1) is 5.56 Å². The van der Waals surface area contributed by atoms with Crippen molar-refractivity contribution in [2.75, 3.05) is 5.32 Å². The van der Waals surface area contributed by atoms with Crippen LogP contribution in [0.1, 0.15) is 40.2 Å². The zero-order valence-corrected chi connectivity index (χ0v) is 16.6. The van der Waals surface area contributed by atoms with E-state index in [0.717, 1.165) is 22.3 Å². The fraction of sp³-hybridized carbons (Fsp3) is 0.227. The predicted octanol–water partition coefficient (Wildman–Crippen LogP) is 4.15. The second kappa shape index (κ2) is 7.64. The lowest BCUT2D eigenvalue weighted by molar-refractivity contribution is -0.116. The van der Waals surface area contributed by atoms with Gasteiger partial charge in [-0.2, -0.15) is 0 Å². The molecule has 2 heterocycles. The molecule has 2 aromatic carbocycles. The highest BCUT2D eigenvalue weighted by molar-refractivity contribution is 7.98. The number of hydrogen-bond acceptors (Lipinski definition) is 4. The van der Waals surface area contributed by atoms with Crippen molar-refractivity contribution in [2.45, 2.75) is 37.1 Å². The Balaban J connectivity index is 1.70. The normalized spacial score (nSPS) is 15.8. The lowest BCUT2D eigenvalue weighted by atomic mass is 9.84. The van der Waals surface area contributed by atoms with Gasteiger partial charge >= 0.3 is 0 Å². The smallest absolute Gasteiger partial charge is 0.257 e. The minimum Gasteiger partial charge on any atom is -0.310 e. The Morgan fingerprint density at radius 2 is 1.89 bits per heavy atom. The first-order chi connectivity index (χ1) is 13.5. The second-order valence-corrected chi connectivity index (χ2v) is 8.04. The molecule has 0 fully saturated rings. The highest BCUT2D eigenvalue weighted by Crippen LogP contribution is 2.36. The van der Waals surface area contributed by atoms with Crippen molar-refractivity contribution in [3.63, 3.8) is 0 Å². The first kappa shape index (κ1) is 18.5. The molecule has 28 heavy (non-hydrogen) atoms. The fourth-order valence-electron chi connectivity index (χ4n) is 3.55. The zero-order chi connectivity index (χ0) is 19.7. The van der Waals surface area contributed by atoms with E-state index in [2.05, 4.69) is 21.4 Å². The van der Waals surface area contributed by atoms with Crippen LogP contribution in [0.2, 0.25) is 0 Å². The summed E-state index contributed by atoms with van der Waals surface area (Å²) in [4.78, 5) is 32.7. The largest absolute Gasteiger partial charge is 0.310 e. The van der Waals surface area contributed by atoms with Gasteiger partial charge in [0.25, 0.3) is 5.56 Å². The number of fused-ring (bicyclic) bond motifs is 1. The molecule has 2 N–H and O–H groups in total. The molecule has 4 rings (SSSR count).